The van der Waals surface area contributed by atoms with Gasteiger partial charge in [0, 0.05) is 14.1 Å². The molecular formula is C12H16N2O4S. The van der Waals surface area contributed by atoms with Crippen LogP contribution in [0, 0.1) is 0 Å². The Morgan fingerprint density at radius 3 is 2.47 bits per heavy atom. The molecule has 0 aromatic heterocycles. The molecule has 1 aromatic rings. The van der Waals surface area contributed by atoms with Crippen molar-refractivity contribution in [3.05, 3.63) is 23.8 Å². The van der Waals surface area contributed by atoms with E-state index in [-0.39, 0.29) is 28.2 Å². The highest BCUT2D eigenvalue weighted by Crippen LogP contribution is 2.34. The molecule has 7 heteroatoms. The highest BCUT2D eigenvalue weighted by atomic mass is 32.2. The van der Waals surface area contributed by atoms with E-state index in [0.717, 1.165) is 12.8 Å². The van der Waals surface area contributed by atoms with Crippen molar-refractivity contribution < 1.29 is 17.9 Å². The molecule has 1 amide bonds. The van der Waals surface area contributed by atoms with Crippen LogP contribution in [0.4, 0.5) is 0 Å². The summed E-state index contributed by atoms with van der Waals surface area (Å²) in [7, 11) is -0.749. The Morgan fingerprint density at radius 2 is 2.00 bits per heavy atom. The van der Waals surface area contributed by atoms with Gasteiger partial charge in [0.15, 0.2) is 5.75 Å². The van der Waals surface area contributed by atoms with Crippen LogP contribution >= 0.6 is 0 Å². The van der Waals surface area contributed by atoms with Gasteiger partial charge in [0.05, 0.1) is 11.7 Å². The van der Waals surface area contributed by atoms with Gasteiger partial charge in [-0.05, 0) is 25.0 Å². The average Bonchev–Trinajstić information content (AvgIpc) is 3.10. The molecule has 2 N–H and O–H groups in total. The van der Waals surface area contributed by atoms with Gasteiger partial charge in [-0.25, -0.2) is 13.6 Å². The first-order valence-corrected chi connectivity index (χ1v) is 7.39. The van der Waals surface area contributed by atoms with Crippen LogP contribution in [0.25, 0.3) is 0 Å². The first-order valence-electron chi connectivity index (χ1n) is 5.85. The van der Waals surface area contributed by atoms with Gasteiger partial charge in [-0.15, -0.1) is 0 Å². The van der Waals surface area contributed by atoms with E-state index in [1.165, 1.54) is 23.1 Å². The molecule has 1 saturated carbocycles. The van der Waals surface area contributed by atoms with Gasteiger partial charge in [0.1, 0.15) is 4.90 Å². The summed E-state index contributed by atoms with van der Waals surface area (Å²) in [6.07, 6.45) is 1.68. The fourth-order valence-corrected chi connectivity index (χ4v) is 2.31. The summed E-state index contributed by atoms with van der Waals surface area (Å²) in [5, 5.41) is 5.17. The summed E-state index contributed by atoms with van der Waals surface area (Å²) in [4.78, 5) is 13.3. The van der Waals surface area contributed by atoms with Crippen LogP contribution in [0.5, 0.6) is 5.75 Å². The summed E-state index contributed by atoms with van der Waals surface area (Å²) in [6.45, 7) is 0. The standard InChI is InChI=1S/C12H16N2O4S/c1-14(2)12(15)9-4-3-5-10(19(13,16)17)11(9)18-8-6-7-8/h3-5,8H,6-7H2,1-2H3,(H2,13,16,17). The molecule has 0 saturated heterocycles. The number of ether oxygens (including phenoxy) is 1. The monoisotopic (exact) mass is 284 g/mol. The maximum Gasteiger partial charge on any atom is 0.257 e. The minimum absolute atomic E-state index is 0.0309. The Kier molecular flexibility index (Phi) is 3.51. The third-order valence-corrected chi connectivity index (χ3v) is 3.67. The molecule has 6 nitrogen and oxygen atoms in total. The van der Waals surface area contributed by atoms with Gasteiger partial charge in [-0.2, -0.15) is 0 Å². The summed E-state index contributed by atoms with van der Waals surface area (Å²) in [5.41, 5.74) is 0.212. The molecule has 104 valence electrons. The Balaban J connectivity index is 2.56. The van der Waals surface area contributed by atoms with Crippen LogP contribution in [-0.4, -0.2) is 39.4 Å². The fraction of sp³-hybridized carbons (Fsp3) is 0.417. The smallest absolute Gasteiger partial charge is 0.257 e. The second-order valence-corrected chi connectivity index (χ2v) is 6.22. The number of amides is 1. The highest BCUT2D eigenvalue weighted by Gasteiger charge is 2.30. The number of carbonyl (C=O) groups is 1. The number of benzene rings is 1. The second-order valence-electron chi connectivity index (χ2n) is 4.69. The first-order chi connectivity index (χ1) is 8.80. The van der Waals surface area contributed by atoms with E-state index in [0.29, 0.717) is 0 Å². The third kappa shape index (κ3) is 3.05. The second kappa shape index (κ2) is 4.82. The van der Waals surface area contributed by atoms with Crippen molar-refractivity contribution in [2.75, 3.05) is 14.1 Å². The summed E-state index contributed by atoms with van der Waals surface area (Å²) in [6, 6.07) is 4.37. The molecule has 0 radical (unpaired) electrons. The molecular weight excluding hydrogens is 268 g/mol. The lowest BCUT2D eigenvalue weighted by molar-refractivity contribution is 0.0822. The molecule has 0 atom stereocenters. The lowest BCUT2D eigenvalue weighted by Gasteiger charge is -2.16. The van der Waals surface area contributed by atoms with Gasteiger partial charge in [-0.1, -0.05) is 6.07 Å². The van der Waals surface area contributed by atoms with E-state index in [4.69, 9.17) is 9.88 Å². The van der Waals surface area contributed by atoms with E-state index in [1.807, 2.05) is 0 Å². The van der Waals surface area contributed by atoms with Crippen molar-refractivity contribution in [3.63, 3.8) is 0 Å². The average molecular weight is 284 g/mol. The predicted molar refractivity (Wildman–Crippen MR) is 69.5 cm³/mol. The Bertz CT molecular complexity index is 606. The van der Waals surface area contributed by atoms with E-state index >= 15 is 0 Å². The largest absolute Gasteiger partial charge is 0.488 e. The summed E-state index contributed by atoms with van der Waals surface area (Å²) in [5.74, 6) is -0.257. The lowest BCUT2D eigenvalue weighted by atomic mass is 10.2. The van der Waals surface area contributed by atoms with Crippen LogP contribution in [0.15, 0.2) is 23.1 Å². The van der Waals surface area contributed by atoms with Crippen LogP contribution in [-0.2, 0) is 10.0 Å². The number of primary sulfonamides is 1. The normalized spacial score (nSPS) is 15.1. The molecule has 0 bridgehead atoms. The Labute approximate surface area is 112 Å². The van der Waals surface area contributed by atoms with Crippen molar-refractivity contribution in [1.29, 1.82) is 0 Å². The zero-order valence-corrected chi connectivity index (χ0v) is 11.6. The van der Waals surface area contributed by atoms with Crippen molar-refractivity contribution in [1.82, 2.24) is 4.90 Å². The minimum atomic E-state index is -3.93. The highest BCUT2D eigenvalue weighted by molar-refractivity contribution is 7.89. The quantitative estimate of drug-likeness (QED) is 0.875. The zero-order chi connectivity index (χ0) is 14.2. The molecule has 1 aromatic carbocycles. The van der Waals surface area contributed by atoms with Crippen molar-refractivity contribution >= 4 is 15.9 Å². The Morgan fingerprint density at radius 1 is 1.37 bits per heavy atom. The molecule has 1 aliphatic carbocycles. The molecule has 0 spiro atoms. The fourth-order valence-electron chi connectivity index (χ4n) is 1.62. The van der Waals surface area contributed by atoms with E-state index < -0.39 is 10.0 Å². The van der Waals surface area contributed by atoms with Crippen LogP contribution in [0.2, 0.25) is 0 Å². The van der Waals surface area contributed by atoms with Crippen LogP contribution < -0.4 is 9.88 Å². The number of nitrogens with zero attached hydrogens (tertiary/aromatic N) is 1. The summed E-state index contributed by atoms with van der Waals surface area (Å²) < 4.78 is 28.7. The van der Waals surface area contributed by atoms with Gasteiger partial charge in [0.25, 0.3) is 5.91 Å². The van der Waals surface area contributed by atoms with E-state index in [9.17, 15) is 13.2 Å². The summed E-state index contributed by atoms with van der Waals surface area (Å²) >= 11 is 0. The van der Waals surface area contributed by atoms with Gasteiger partial charge < -0.3 is 9.64 Å². The topological polar surface area (TPSA) is 89.7 Å². The molecule has 0 aliphatic heterocycles. The number of carbonyl (C=O) groups excluding carboxylic acids is 1. The van der Waals surface area contributed by atoms with Crippen molar-refractivity contribution in [2.45, 2.75) is 23.8 Å². The minimum Gasteiger partial charge on any atom is -0.488 e. The number of hydrogen-bond acceptors (Lipinski definition) is 4. The molecule has 19 heavy (non-hydrogen) atoms. The molecule has 2 rings (SSSR count). The van der Waals surface area contributed by atoms with Gasteiger partial charge in [-0.3, -0.25) is 4.79 Å². The van der Waals surface area contributed by atoms with E-state index in [2.05, 4.69) is 0 Å². The van der Waals surface area contributed by atoms with Crippen LogP contribution in [0.1, 0.15) is 23.2 Å². The van der Waals surface area contributed by atoms with Gasteiger partial charge in [0.2, 0.25) is 10.0 Å². The third-order valence-electron chi connectivity index (χ3n) is 2.73. The van der Waals surface area contributed by atoms with Gasteiger partial charge >= 0.3 is 0 Å². The molecule has 1 fully saturated rings. The maximum atomic E-state index is 12.1. The van der Waals surface area contributed by atoms with E-state index in [1.54, 1.807) is 14.1 Å². The number of nitrogens with two attached hydrogens (primary N) is 1. The number of hydrogen-bond donors (Lipinski definition) is 1. The zero-order valence-electron chi connectivity index (χ0n) is 10.8. The van der Waals surface area contributed by atoms with Crippen LogP contribution in [0.3, 0.4) is 0 Å². The molecule has 0 unspecified atom stereocenters. The number of sulfonamides is 1. The number of rotatable bonds is 4. The SMILES string of the molecule is CN(C)C(=O)c1cccc(S(N)(=O)=O)c1OC1CC1. The maximum absolute atomic E-state index is 12.1. The lowest BCUT2D eigenvalue weighted by Crippen LogP contribution is -2.24. The van der Waals surface area contributed by atoms with Crippen molar-refractivity contribution in [2.24, 2.45) is 5.14 Å². The Hall–Kier alpha value is -1.60. The number of para-hydroxylation sites is 1. The molecule has 0 heterocycles. The van der Waals surface area contributed by atoms with Crippen molar-refractivity contribution in [3.8, 4) is 5.75 Å². The predicted octanol–water partition coefficient (Wildman–Crippen LogP) is 0.577. The first kappa shape index (κ1) is 13.8. The molecule has 1 aliphatic rings.